The van der Waals surface area contributed by atoms with Crippen molar-refractivity contribution >= 4 is 27.8 Å². The SMILES string of the molecule is CC1(C(=O)O)CCN(C(=O)c2ccccc2Br)CC1. The second kappa shape index (κ2) is 5.33. The number of likely N-dealkylation sites (tertiary alicyclic amines) is 1. The molecule has 1 aliphatic heterocycles. The molecule has 1 N–H and O–H groups in total. The monoisotopic (exact) mass is 325 g/mol. The quantitative estimate of drug-likeness (QED) is 0.909. The van der Waals surface area contributed by atoms with E-state index in [4.69, 9.17) is 0 Å². The predicted molar refractivity (Wildman–Crippen MR) is 75.0 cm³/mol. The van der Waals surface area contributed by atoms with E-state index in [9.17, 15) is 14.7 Å². The lowest BCUT2D eigenvalue weighted by atomic mass is 9.80. The van der Waals surface area contributed by atoms with E-state index in [-0.39, 0.29) is 5.91 Å². The van der Waals surface area contributed by atoms with E-state index < -0.39 is 11.4 Å². The summed E-state index contributed by atoms with van der Waals surface area (Å²) >= 11 is 3.37. The molecular weight excluding hydrogens is 310 g/mol. The van der Waals surface area contributed by atoms with Crippen LogP contribution < -0.4 is 0 Å². The maximum absolute atomic E-state index is 12.3. The van der Waals surface area contributed by atoms with Crippen LogP contribution in [0.15, 0.2) is 28.7 Å². The maximum Gasteiger partial charge on any atom is 0.309 e. The van der Waals surface area contributed by atoms with E-state index in [0.717, 1.165) is 4.47 Å². The van der Waals surface area contributed by atoms with Gasteiger partial charge in [-0.1, -0.05) is 12.1 Å². The topological polar surface area (TPSA) is 57.6 Å². The Kier molecular flexibility index (Phi) is 3.94. The number of piperidine rings is 1. The first-order valence-corrected chi connectivity index (χ1v) is 7.00. The maximum atomic E-state index is 12.3. The molecule has 1 aromatic rings. The fourth-order valence-electron chi connectivity index (χ4n) is 2.22. The van der Waals surface area contributed by atoms with E-state index in [1.807, 2.05) is 18.2 Å². The summed E-state index contributed by atoms with van der Waals surface area (Å²) in [6.45, 7) is 2.72. The van der Waals surface area contributed by atoms with Crippen molar-refractivity contribution in [3.63, 3.8) is 0 Å². The lowest BCUT2D eigenvalue weighted by Crippen LogP contribution is -2.45. The Hall–Kier alpha value is -1.36. The number of carbonyl (C=O) groups is 2. The zero-order chi connectivity index (χ0) is 14.0. The highest BCUT2D eigenvalue weighted by Crippen LogP contribution is 2.32. The minimum atomic E-state index is -0.777. The number of hydrogen-bond donors (Lipinski definition) is 1. The van der Waals surface area contributed by atoms with Crippen molar-refractivity contribution in [2.24, 2.45) is 5.41 Å². The molecule has 0 saturated carbocycles. The van der Waals surface area contributed by atoms with Gasteiger partial charge >= 0.3 is 5.97 Å². The molecule has 5 heteroatoms. The van der Waals surface area contributed by atoms with Gasteiger partial charge in [-0.25, -0.2) is 0 Å². The highest BCUT2D eigenvalue weighted by atomic mass is 79.9. The number of rotatable bonds is 2. The number of hydrogen-bond acceptors (Lipinski definition) is 2. The zero-order valence-electron chi connectivity index (χ0n) is 10.7. The van der Waals surface area contributed by atoms with E-state index in [2.05, 4.69) is 15.9 Å². The molecule has 4 nitrogen and oxygen atoms in total. The molecule has 1 saturated heterocycles. The average molecular weight is 326 g/mol. The Labute approximate surface area is 120 Å². The van der Waals surface area contributed by atoms with Crippen LogP contribution in [0, 0.1) is 5.41 Å². The fraction of sp³-hybridized carbons (Fsp3) is 0.429. The van der Waals surface area contributed by atoms with Gasteiger partial charge in [0.2, 0.25) is 0 Å². The average Bonchev–Trinajstić information content (AvgIpc) is 2.39. The summed E-state index contributed by atoms with van der Waals surface area (Å²) in [4.78, 5) is 25.2. The van der Waals surface area contributed by atoms with Crippen molar-refractivity contribution in [3.05, 3.63) is 34.3 Å². The molecule has 0 bridgehead atoms. The van der Waals surface area contributed by atoms with Crippen molar-refractivity contribution in [3.8, 4) is 0 Å². The highest BCUT2D eigenvalue weighted by molar-refractivity contribution is 9.10. The zero-order valence-corrected chi connectivity index (χ0v) is 12.3. The van der Waals surface area contributed by atoms with Crippen LogP contribution in [0.25, 0.3) is 0 Å². The Morgan fingerprint density at radius 3 is 2.37 bits per heavy atom. The van der Waals surface area contributed by atoms with Crippen LogP contribution in [0.5, 0.6) is 0 Å². The van der Waals surface area contributed by atoms with Gasteiger partial charge in [0.1, 0.15) is 0 Å². The van der Waals surface area contributed by atoms with Gasteiger partial charge in [0.15, 0.2) is 0 Å². The molecule has 0 spiro atoms. The summed E-state index contributed by atoms with van der Waals surface area (Å²) < 4.78 is 0.770. The smallest absolute Gasteiger partial charge is 0.309 e. The standard InChI is InChI=1S/C14H16BrNO3/c1-14(13(18)19)6-8-16(9-7-14)12(17)10-4-2-3-5-11(10)15/h2-5H,6-9H2,1H3,(H,18,19). The second-order valence-electron chi connectivity index (χ2n) is 5.14. The molecule has 0 aromatic heterocycles. The molecule has 0 atom stereocenters. The number of carbonyl (C=O) groups excluding carboxylic acids is 1. The Balaban J connectivity index is 2.08. The molecule has 1 heterocycles. The van der Waals surface area contributed by atoms with Gasteiger partial charge in [-0.15, -0.1) is 0 Å². The molecule has 1 aromatic carbocycles. The highest BCUT2D eigenvalue weighted by Gasteiger charge is 2.38. The molecule has 0 unspecified atom stereocenters. The van der Waals surface area contributed by atoms with Crippen LogP contribution in [-0.2, 0) is 4.79 Å². The van der Waals surface area contributed by atoms with Gasteiger partial charge in [-0.2, -0.15) is 0 Å². The number of carboxylic acids is 1. The number of benzene rings is 1. The summed E-state index contributed by atoms with van der Waals surface area (Å²) in [5.74, 6) is -0.819. The number of carboxylic acid groups (broad SMARTS) is 1. The number of nitrogens with zero attached hydrogens (tertiary/aromatic N) is 1. The van der Waals surface area contributed by atoms with Crippen molar-refractivity contribution in [1.82, 2.24) is 4.90 Å². The van der Waals surface area contributed by atoms with Gasteiger partial charge in [0, 0.05) is 17.6 Å². The third kappa shape index (κ3) is 2.81. The van der Waals surface area contributed by atoms with E-state index in [1.165, 1.54) is 0 Å². The van der Waals surface area contributed by atoms with Crippen LogP contribution >= 0.6 is 15.9 Å². The predicted octanol–water partition coefficient (Wildman–Crippen LogP) is 2.78. The van der Waals surface area contributed by atoms with Crippen molar-refractivity contribution in [2.75, 3.05) is 13.1 Å². The molecule has 102 valence electrons. The molecule has 0 aliphatic carbocycles. The summed E-state index contributed by atoms with van der Waals surface area (Å²) in [5, 5.41) is 9.17. The minimum absolute atomic E-state index is 0.0417. The van der Waals surface area contributed by atoms with Crippen molar-refractivity contribution in [1.29, 1.82) is 0 Å². The number of halogens is 1. The summed E-state index contributed by atoms with van der Waals surface area (Å²) in [5.41, 5.74) is -0.0773. The van der Waals surface area contributed by atoms with Gasteiger partial charge in [0.25, 0.3) is 5.91 Å². The third-order valence-corrected chi connectivity index (χ3v) is 4.47. The van der Waals surface area contributed by atoms with Crippen LogP contribution in [0.4, 0.5) is 0 Å². The fourth-order valence-corrected chi connectivity index (χ4v) is 2.68. The van der Waals surface area contributed by atoms with E-state index in [1.54, 1.807) is 17.9 Å². The third-order valence-electron chi connectivity index (χ3n) is 3.77. The van der Waals surface area contributed by atoms with Crippen LogP contribution in [0.3, 0.4) is 0 Å². The Morgan fingerprint density at radius 1 is 1.26 bits per heavy atom. The minimum Gasteiger partial charge on any atom is -0.481 e. The largest absolute Gasteiger partial charge is 0.481 e. The molecule has 1 aliphatic rings. The molecule has 19 heavy (non-hydrogen) atoms. The Morgan fingerprint density at radius 2 is 1.84 bits per heavy atom. The lowest BCUT2D eigenvalue weighted by molar-refractivity contribution is -0.150. The molecule has 1 amide bonds. The van der Waals surface area contributed by atoms with Gasteiger partial charge in [-0.3, -0.25) is 9.59 Å². The van der Waals surface area contributed by atoms with Gasteiger partial charge in [0.05, 0.1) is 11.0 Å². The van der Waals surface area contributed by atoms with Crippen molar-refractivity contribution in [2.45, 2.75) is 19.8 Å². The van der Waals surface area contributed by atoms with Crippen LogP contribution in [0.2, 0.25) is 0 Å². The van der Waals surface area contributed by atoms with Crippen LogP contribution in [-0.4, -0.2) is 35.0 Å². The van der Waals surface area contributed by atoms with Gasteiger partial charge in [-0.05, 0) is 47.8 Å². The normalized spacial score (nSPS) is 18.1. The van der Waals surface area contributed by atoms with Crippen molar-refractivity contribution < 1.29 is 14.7 Å². The molecular formula is C14H16BrNO3. The first kappa shape index (κ1) is 14.1. The lowest BCUT2D eigenvalue weighted by Gasteiger charge is -2.36. The summed E-state index contributed by atoms with van der Waals surface area (Å²) in [6.07, 6.45) is 0.997. The molecule has 0 radical (unpaired) electrons. The first-order valence-electron chi connectivity index (χ1n) is 6.21. The molecule has 1 fully saturated rings. The summed E-state index contributed by atoms with van der Waals surface area (Å²) in [6, 6.07) is 7.29. The Bertz CT molecular complexity index is 507. The van der Waals surface area contributed by atoms with Crippen LogP contribution in [0.1, 0.15) is 30.1 Å². The summed E-state index contributed by atoms with van der Waals surface area (Å²) in [7, 11) is 0. The van der Waals surface area contributed by atoms with Gasteiger partial charge < -0.3 is 10.0 Å². The second-order valence-corrected chi connectivity index (χ2v) is 5.99. The number of amides is 1. The number of aliphatic carboxylic acids is 1. The first-order chi connectivity index (χ1) is 8.94. The van der Waals surface area contributed by atoms with E-state index >= 15 is 0 Å². The van der Waals surface area contributed by atoms with E-state index in [0.29, 0.717) is 31.5 Å². The molecule has 2 rings (SSSR count).